The molecule has 19 heavy (non-hydrogen) atoms. The van der Waals surface area contributed by atoms with E-state index in [4.69, 9.17) is 9.47 Å². The lowest BCUT2D eigenvalue weighted by Gasteiger charge is -2.12. The molecule has 0 N–H and O–H groups in total. The molecule has 0 aliphatic rings. The van der Waals surface area contributed by atoms with Crippen LogP contribution in [0, 0.1) is 6.92 Å². The van der Waals surface area contributed by atoms with Crippen LogP contribution in [0.3, 0.4) is 0 Å². The number of carbonyl (C=O) groups is 1. The van der Waals surface area contributed by atoms with E-state index in [1.807, 2.05) is 13.0 Å². The Bertz CT molecular complexity index is 597. The van der Waals surface area contributed by atoms with E-state index in [1.54, 1.807) is 31.6 Å². The summed E-state index contributed by atoms with van der Waals surface area (Å²) in [5, 5.41) is 0. The molecular weight excluding hydrogens is 244 g/mol. The van der Waals surface area contributed by atoms with Crippen molar-refractivity contribution in [3.63, 3.8) is 0 Å². The molecule has 2 rings (SSSR count). The number of aryl methyl sites for hydroxylation is 1. The number of benzene rings is 1. The van der Waals surface area contributed by atoms with E-state index in [1.165, 1.54) is 6.92 Å². The summed E-state index contributed by atoms with van der Waals surface area (Å²) in [5.41, 5.74) is 1.57. The molecule has 1 aromatic heterocycles. The Balaban J connectivity index is 2.60. The van der Waals surface area contributed by atoms with Crippen LogP contribution >= 0.6 is 0 Å². The molecule has 98 valence electrons. The molecule has 2 aromatic rings. The van der Waals surface area contributed by atoms with Gasteiger partial charge in [0.1, 0.15) is 11.5 Å². The van der Waals surface area contributed by atoms with Gasteiger partial charge in [0, 0.05) is 25.4 Å². The first kappa shape index (κ1) is 13.0. The number of nitrogens with zero attached hydrogens (tertiary/aromatic N) is 2. The third-order valence-corrected chi connectivity index (χ3v) is 2.55. The standard InChI is InChI=1S/C14H14N2O3/c1-9-7-11(18-3)8-12(19-10(2)17)13(9)14-15-5-4-6-16-14/h4-8H,1-3H3. The lowest BCUT2D eigenvalue weighted by Crippen LogP contribution is -2.05. The second-order valence-electron chi connectivity index (χ2n) is 3.98. The van der Waals surface area contributed by atoms with Gasteiger partial charge in [-0.15, -0.1) is 0 Å². The summed E-state index contributed by atoms with van der Waals surface area (Å²) in [4.78, 5) is 19.6. The van der Waals surface area contributed by atoms with Gasteiger partial charge >= 0.3 is 5.97 Å². The maximum absolute atomic E-state index is 11.2. The molecule has 0 saturated heterocycles. The smallest absolute Gasteiger partial charge is 0.308 e. The van der Waals surface area contributed by atoms with Crippen LogP contribution in [-0.2, 0) is 4.79 Å². The fourth-order valence-corrected chi connectivity index (χ4v) is 1.79. The van der Waals surface area contributed by atoms with Crippen molar-refractivity contribution in [1.29, 1.82) is 0 Å². The molecule has 0 atom stereocenters. The molecule has 0 radical (unpaired) electrons. The summed E-state index contributed by atoms with van der Waals surface area (Å²) in [5.74, 6) is 1.13. The zero-order chi connectivity index (χ0) is 13.8. The first-order valence-corrected chi connectivity index (χ1v) is 5.76. The van der Waals surface area contributed by atoms with Gasteiger partial charge in [-0.3, -0.25) is 4.79 Å². The molecule has 5 heteroatoms. The summed E-state index contributed by atoms with van der Waals surface area (Å²) in [7, 11) is 1.56. The Hall–Kier alpha value is -2.43. The van der Waals surface area contributed by atoms with E-state index in [0.29, 0.717) is 22.9 Å². The molecule has 1 heterocycles. The molecule has 5 nitrogen and oxygen atoms in total. The van der Waals surface area contributed by atoms with Crippen molar-refractivity contribution in [1.82, 2.24) is 9.97 Å². The predicted molar refractivity (Wildman–Crippen MR) is 70.1 cm³/mol. The van der Waals surface area contributed by atoms with Crippen LogP contribution in [-0.4, -0.2) is 23.0 Å². The van der Waals surface area contributed by atoms with Gasteiger partial charge in [-0.05, 0) is 24.6 Å². The number of rotatable bonds is 3. The van der Waals surface area contributed by atoms with E-state index in [2.05, 4.69) is 9.97 Å². The number of carbonyl (C=O) groups excluding carboxylic acids is 1. The molecule has 0 spiro atoms. The first-order valence-electron chi connectivity index (χ1n) is 5.76. The highest BCUT2D eigenvalue weighted by Gasteiger charge is 2.15. The Kier molecular flexibility index (Phi) is 3.75. The first-order chi connectivity index (χ1) is 9.11. The maximum Gasteiger partial charge on any atom is 0.308 e. The quantitative estimate of drug-likeness (QED) is 0.625. The monoisotopic (exact) mass is 258 g/mol. The lowest BCUT2D eigenvalue weighted by atomic mass is 10.1. The summed E-state index contributed by atoms with van der Waals surface area (Å²) in [6.45, 7) is 3.24. The minimum atomic E-state index is -0.398. The molecule has 1 aromatic carbocycles. The number of methoxy groups -OCH3 is 1. The summed E-state index contributed by atoms with van der Waals surface area (Å²) in [6, 6.07) is 5.23. The largest absolute Gasteiger partial charge is 0.497 e. The van der Waals surface area contributed by atoms with Crippen LogP contribution < -0.4 is 9.47 Å². The van der Waals surface area contributed by atoms with Gasteiger partial charge in [0.25, 0.3) is 0 Å². The highest BCUT2D eigenvalue weighted by Crippen LogP contribution is 2.34. The fourth-order valence-electron chi connectivity index (χ4n) is 1.79. The average molecular weight is 258 g/mol. The molecule has 0 aliphatic carbocycles. The molecule has 0 aliphatic heterocycles. The predicted octanol–water partition coefficient (Wildman–Crippen LogP) is 2.39. The average Bonchev–Trinajstić information content (AvgIpc) is 2.38. The van der Waals surface area contributed by atoms with E-state index < -0.39 is 5.97 Å². The van der Waals surface area contributed by atoms with Gasteiger partial charge in [-0.25, -0.2) is 9.97 Å². The van der Waals surface area contributed by atoms with Gasteiger partial charge < -0.3 is 9.47 Å². The summed E-state index contributed by atoms with van der Waals surface area (Å²) >= 11 is 0. The van der Waals surface area contributed by atoms with Crippen molar-refractivity contribution in [3.05, 3.63) is 36.2 Å². The molecular formula is C14H14N2O3. The van der Waals surface area contributed by atoms with E-state index >= 15 is 0 Å². The Morgan fingerprint density at radius 1 is 1.21 bits per heavy atom. The highest BCUT2D eigenvalue weighted by molar-refractivity contribution is 5.76. The van der Waals surface area contributed by atoms with Crippen molar-refractivity contribution in [3.8, 4) is 22.9 Å². The molecule has 0 bridgehead atoms. The second kappa shape index (κ2) is 5.48. The van der Waals surface area contributed by atoms with Gasteiger partial charge in [0.15, 0.2) is 5.82 Å². The zero-order valence-corrected chi connectivity index (χ0v) is 11.0. The van der Waals surface area contributed by atoms with E-state index in [0.717, 1.165) is 5.56 Å². The Morgan fingerprint density at radius 3 is 2.47 bits per heavy atom. The topological polar surface area (TPSA) is 61.3 Å². The van der Waals surface area contributed by atoms with Crippen LogP contribution in [0.25, 0.3) is 11.4 Å². The number of esters is 1. The van der Waals surface area contributed by atoms with Crippen LogP contribution in [0.5, 0.6) is 11.5 Å². The van der Waals surface area contributed by atoms with Crippen LogP contribution in [0.1, 0.15) is 12.5 Å². The van der Waals surface area contributed by atoms with Crippen LogP contribution in [0.2, 0.25) is 0 Å². The normalized spacial score (nSPS) is 10.1. The van der Waals surface area contributed by atoms with Crippen molar-refractivity contribution in [2.24, 2.45) is 0 Å². The van der Waals surface area contributed by atoms with Crippen LogP contribution in [0.15, 0.2) is 30.6 Å². The maximum atomic E-state index is 11.2. The molecule has 0 fully saturated rings. The number of ether oxygens (including phenoxy) is 2. The second-order valence-corrected chi connectivity index (χ2v) is 3.98. The minimum absolute atomic E-state index is 0.398. The number of hydrogen-bond donors (Lipinski definition) is 0. The number of hydrogen-bond acceptors (Lipinski definition) is 5. The van der Waals surface area contributed by atoms with Gasteiger partial charge in [0.2, 0.25) is 0 Å². The third-order valence-electron chi connectivity index (χ3n) is 2.55. The highest BCUT2D eigenvalue weighted by atomic mass is 16.5. The van der Waals surface area contributed by atoms with Crippen molar-refractivity contribution < 1.29 is 14.3 Å². The molecule has 0 unspecified atom stereocenters. The Labute approximate surface area is 111 Å². The van der Waals surface area contributed by atoms with E-state index in [9.17, 15) is 4.79 Å². The van der Waals surface area contributed by atoms with Crippen molar-refractivity contribution >= 4 is 5.97 Å². The van der Waals surface area contributed by atoms with Gasteiger partial charge in [0.05, 0.1) is 12.7 Å². The fraction of sp³-hybridized carbons (Fsp3) is 0.214. The molecule has 0 saturated carbocycles. The SMILES string of the molecule is COc1cc(C)c(-c2ncccn2)c(OC(C)=O)c1. The van der Waals surface area contributed by atoms with Crippen molar-refractivity contribution in [2.45, 2.75) is 13.8 Å². The van der Waals surface area contributed by atoms with E-state index in [-0.39, 0.29) is 0 Å². The summed E-state index contributed by atoms with van der Waals surface area (Å²) in [6.07, 6.45) is 3.28. The van der Waals surface area contributed by atoms with Crippen LogP contribution in [0.4, 0.5) is 0 Å². The Morgan fingerprint density at radius 2 is 1.89 bits per heavy atom. The zero-order valence-electron chi connectivity index (χ0n) is 11.0. The lowest BCUT2D eigenvalue weighted by molar-refractivity contribution is -0.131. The minimum Gasteiger partial charge on any atom is -0.497 e. The van der Waals surface area contributed by atoms with Crippen molar-refractivity contribution in [2.75, 3.05) is 7.11 Å². The third kappa shape index (κ3) is 2.88. The molecule has 0 amide bonds. The summed E-state index contributed by atoms with van der Waals surface area (Å²) < 4.78 is 10.4. The number of aromatic nitrogens is 2. The van der Waals surface area contributed by atoms with Gasteiger partial charge in [-0.2, -0.15) is 0 Å². The van der Waals surface area contributed by atoms with Gasteiger partial charge in [-0.1, -0.05) is 0 Å².